The molecule has 2 aromatic rings. The smallest absolute Gasteiger partial charge is 0.406 e. The summed E-state index contributed by atoms with van der Waals surface area (Å²) in [4.78, 5) is 25.4. The van der Waals surface area contributed by atoms with Gasteiger partial charge < -0.3 is 15.0 Å². The van der Waals surface area contributed by atoms with E-state index in [-0.39, 0.29) is 24.7 Å². The van der Waals surface area contributed by atoms with E-state index in [4.69, 9.17) is 11.6 Å². The lowest BCUT2D eigenvalue weighted by molar-refractivity contribution is -0.274. The minimum atomic E-state index is -4.75. The first-order valence-electron chi connectivity index (χ1n) is 7.76. The molecule has 0 atom stereocenters. The molecule has 0 unspecified atom stereocenters. The van der Waals surface area contributed by atoms with E-state index in [9.17, 15) is 22.8 Å². The summed E-state index contributed by atoms with van der Waals surface area (Å²) in [5.41, 5.74) is 0.944. The lowest BCUT2D eigenvalue weighted by Crippen LogP contribution is -2.37. The van der Waals surface area contributed by atoms with Gasteiger partial charge in [-0.1, -0.05) is 29.8 Å². The van der Waals surface area contributed by atoms with Crippen LogP contribution in [0.1, 0.15) is 15.9 Å². The highest BCUT2D eigenvalue weighted by atomic mass is 35.5. The molecular formula is C18H16ClF3N2O3. The Morgan fingerprint density at radius 2 is 1.81 bits per heavy atom. The Kier molecular flexibility index (Phi) is 6.68. The van der Waals surface area contributed by atoms with E-state index in [1.165, 1.54) is 42.3 Å². The lowest BCUT2D eigenvalue weighted by Gasteiger charge is -2.18. The number of amides is 2. The Labute approximate surface area is 158 Å². The molecule has 0 fully saturated rings. The van der Waals surface area contributed by atoms with Gasteiger partial charge >= 0.3 is 6.36 Å². The molecule has 1 N–H and O–H groups in total. The molecule has 27 heavy (non-hydrogen) atoms. The highest BCUT2D eigenvalue weighted by molar-refractivity contribution is 6.30. The number of benzene rings is 2. The number of carbonyl (C=O) groups is 2. The topological polar surface area (TPSA) is 58.6 Å². The van der Waals surface area contributed by atoms with Crippen LogP contribution in [0.25, 0.3) is 0 Å². The second-order valence-electron chi connectivity index (χ2n) is 5.63. The Morgan fingerprint density at radius 1 is 1.15 bits per heavy atom. The molecule has 0 aliphatic rings. The molecule has 0 heterocycles. The zero-order chi connectivity index (χ0) is 20.0. The summed E-state index contributed by atoms with van der Waals surface area (Å²) < 4.78 is 40.2. The molecule has 0 spiro atoms. The van der Waals surface area contributed by atoms with Crippen molar-refractivity contribution in [1.82, 2.24) is 10.2 Å². The number of hydrogen-bond acceptors (Lipinski definition) is 3. The van der Waals surface area contributed by atoms with Crippen molar-refractivity contribution in [2.45, 2.75) is 12.9 Å². The van der Waals surface area contributed by atoms with E-state index in [0.717, 1.165) is 0 Å². The van der Waals surface area contributed by atoms with Gasteiger partial charge in [0.2, 0.25) is 5.91 Å². The van der Waals surface area contributed by atoms with Crippen molar-refractivity contribution in [3.63, 3.8) is 0 Å². The first-order chi connectivity index (χ1) is 12.6. The fraction of sp³-hybridized carbons (Fsp3) is 0.222. The van der Waals surface area contributed by atoms with E-state index in [1.807, 2.05) is 0 Å². The number of nitrogens with one attached hydrogen (secondary N) is 1. The van der Waals surface area contributed by atoms with Crippen molar-refractivity contribution in [1.29, 1.82) is 0 Å². The predicted octanol–water partition coefficient (Wildman–Crippen LogP) is 3.63. The Bertz CT molecular complexity index is 810. The van der Waals surface area contributed by atoms with Gasteiger partial charge in [0.25, 0.3) is 5.91 Å². The number of rotatable bonds is 6. The zero-order valence-corrected chi connectivity index (χ0v) is 15.0. The number of halogens is 4. The van der Waals surface area contributed by atoms with Crippen LogP contribution in [-0.2, 0) is 11.3 Å². The van der Waals surface area contributed by atoms with Crippen LogP contribution >= 0.6 is 11.6 Å². The van der Waals surface area contributed by atoms with Gasteiger partial charge in [0.05, 0.1) is 6.54 Å². The highest BCUT2D eigenvalue weighted by Crippen LogP contribution is 2.23. The van der Waals surface area contributed by atoms with Crippen LogP contribution in [0.5, 0.6) is 5.75 Å². The molecule has 9 heteroatoms. The van der Waals surface area contributed by atoms with E-state index in [0.29, 0.717) is 16.1 Å². The van der Waals surface area contributed by atoms with Crippen LogP contribution in [0.2, 0.25) is 5.02 Å². The minimum Gasteiger partial charge on any atom is -0.406 e. The Hall–Kier alpha value is -2.74. The van der Waals surface area contributed by atoms with Crippen LogP contribution in [-0.4, -0.2) is 36.7 Å². The van der Waals surface area contributed by atoms with Gasteiger partial charge in [-0.15, -0.1) is 13.2 Å². The molecule has 0 saturated heterocycles. The van der Waals surface area contributed by atoms with E-state index in [2.05, 4.69) is 10.1 Å². The lowest BCUT2D eigenvalue weighted by atomic mass is 10.2. The fourth-order valence-electron chi connectivity index (χ4n) is 2.18. The average Bonchev–Trinajstić information content (AvgIpc) is 2.59. The first kappa shape index (κ1) is 20.6. The quantitative estimate of drug-likeness (QED) is 0.805. The van der Waals surface area contributed by atoms with Gasteiger partial charge in [-0.25, -0.2) is 0 Å². The van der Waals surface area contributed by atoms with Crippen LogP contribution in [0, 0.1) is 0 Å². The van der Waals surface area contributed by atoms with Crippen molar-refractivity contribution in [3.8, 4) is 5.75 Å². The van der Waals surface area contributed by atoms with Gasteiger partial charge in [-0.2, -0.15) is 0 Å². The number of hydrogen-bond donors (Lipinski definition) is 1. The molecule has 0 aliphatic carbocycles. The third-order valence-corrected chi connectivity index (χ3v) is 3.72. The van der Waals surface area contributed by atoms with Crippen molar-refractivity contribution in [2.75, 3.05) is 13.6 Å². The standard InChI is InChI=1S/C18H16ClF3N2O3/c1-24(11-12-5-7-15(8-6-12)27-18(20,21)22)16(25)10-23-17(26)13-3-2-4-14(19)9-13/h2-9H,10-11H2,1H3,(H,23,26). The van der Waals surface area contributed by atoms with E-state index in [1.54, 1.807) is 18.2 Å². The second kappa shape index (κ2) is 8.77. The molecule has 0 aliphatic heterocycles. The van der Waals surface area contributed by atoms with Crippen molar-refractivity contribution in [3.05, 3.63) is 64.7 Å². The number of alkyl halides is 3. The summed E-state index contributed by atoms with van der Waals surface area (Å²) in [5.74, 6) is -1.14. The molecular weight excluding hydrogens is 385 g/mol. The van der Waals surface area contributed by atoms with Crippen LogP contribution in [0.4, 0.5) is 13.2 Å². The third-order valence-electron chi connectivity index (χ3n) is 3.49. The van der Waals surface area contributed by atoms with Gasteiger partial charge in [0.1, 0.15) is 5.75 Å². The normalized spacial score (nSPS) is 11.0. The molecule has 2 aromatic carbocycles. The summed E-state index contributed by atoms with van der Waals surface area (Å²) in [5, 5.41) is 2.90. The molecule has 144 valence electrons. The van der Waals surface area contributed by atoms with Gasteiger partial charge in [-0.3, -0.25) is 9.59 Å². The highest BCUT2D eigenvalue weighted by Gasteiger charge is 2.30. The largest absolute Gasteiger partial charge is 0.573 e. The summed E-state index contributed by atoms with van der Waals surface area (Å²) >= 11 is 5.81. The molecule has 0 saturated carbocycles. The monoisotopic (exact) mass is 400 g/mol. The van der Waals surface area contributed by atoms with E-state index >= 15 is 0 Å². The molecule has 0 bridgehead atoms. The molecule has 2 amide bonds. The van der Waals surface area contributed by atoms with Gasteiger partial charge in [0, 0.05) is 24.2 Å². The van der Waals surface area contributed by atoms with Gasteiger partial charge in [-0.05, 0) is 35.9 Å². The maximum absolute atomic E-state index is 12.1. The number of ether oxygens (including phenoxy) is 1. The van der Waals surface area contributed by atoms with Gasteiger partial charge in [0.15, 0.2) is 0 Å². The number of nitrogens with zero attached hydrogens (tertiary/aromatic N) is 1. The van der Waals surface area contributed by atoms with Crippen molar-refractivity contribution < 1.29 is 27.5 Å². The molecule has 2 rings (SSSR count). The number of carbonyl (C=O) groups excluding carboxylic acids is 2. The zero-order valence-electron chi connectivity index (χ0n) is 14.2. The molecule has 5 nitrogen and oxygen atoms in total. The van der Waals surface area contributed by atoms with Crippen LogP contribution in [0.15, 0.2) is 48.5 Å². The van der Waals surface area contributed by atoms with Crippen LogP contribution < -0.4 is 10.1 Å². The molecule has 0 aromatic heterocycles. The summed E-state index contributed by atoms with van der Waals surface area (Å²) in [7, 11) is 1.52. The summed E-state index contributed by atoms with van der Waals surface area (Å²) in [6.45, 7) is -0.0602. The maximum Gasteiger partial charge on any atom is 0.573 e. The maximum atomic E-state index is 12.1. The predicted molar refractivity (Wildman–Crippen MR) is 93.4 cm³/mol. The van der Waals surface area contributed by atoms with Crippen molar-refractivity contribution in [2.24, 2.45) is 0 Å². The summed E-state index contributed by atoms with van der Waals surface area (Å²) in [6, 6.07) is 11.5. The Balaban J connectivity index is 1.85. The van der Waals surface area contributed by atoms with Crippen LogP contribution in [0.3, 0.4) is 0 Å². The van der Waals surface area contributed by atoms with Crippen molar-refractivity contribution >= 4 is 23.4 Å². The minimum absolute atomic E-state index is 0.165. The second-order valence-corrected chi connectivity index (χ2v) is 6.07. The third kappa shape index (κ3) is 6.82. The fourth-order valence-corrected chi connectivity index (χ4v) is 2.37. The van der Waals surface area contributed by atoms with E-state index < -0.39 is 12.3 Å². The summed E-state index contributed by atoms with van der Waals surface area (Å²) in [6.07, 6.45) is -4.75. The number of likely N-dealkylation sites (N-methyl/N-ethyl adjacent to an activating group) is 1. The first-order valence-corrected chi connectivity index (χ1v) is 8.14. The SMILES string of the molecule is CN(Cc1ccc(OC(F)(F)F)cc1)C(=O)CNC(=O)c1cccc(Cl)c1. The molecule has 0 radical (unpaired) electrons. The Morgan fingerprint density at radius 3 is 2.41 bits per heavy atom. The average molecular weight is 401 g/mol.